The van der Waals surface area contributed by atoms with E-state index in [4.69, 9.17) is 0 Å². The molecule has 7 heteroatoms. The van der Waals surface area contributed by atoms with Crippen LogP contribution in [0.15, 0.2) is 58.0 Å². The summed E-state index contributed by atoms with van der Waals surface area (Å²) >= 11 is 3.31. The molecule has 1 aliphatic heterocycles. The minimum atomic E-state index is -3.47. The number of nitrogens with one attached hydrogen (secondary N) is 1. The van der Waals surface area contributed by atoms with Gasteiger partial charge in [0.05, 0.1) is 10.6 Å². The zero-order chi connectivity index (χ0) is 17.7. The number of halogens is 1. The number of pyridine rings is 1. The summed E-state index contributed by atoms with van der Waals surface area (Å²) < 4.78 is 28.2. The lowest BCUT2D eigenvalue weighted by molar-refractivity contribution is 0.177. The number of nitrogens with zero attached hydrogens (tertiary/aromatic N) is 2. The maximum atomic E-state index is 12.4. The molecule has 0 spiro atoms. The summed E-state index contributed by atoms with van der Waals surface area (Å²) in [6, 6.07) is 12.9. The summed E-state index contributed by atoms with van der Waals surface area (Å²) in [5.41, 5.74) is 1.08. The molecular weight excluding hydrogens is 402 g/mol. The van der Waals surface area contributed by atoms with Gasteiger partial charge in [-0.25, -0.2) is 13.1 Å². The lowest BCUT2D eigenvalue weighted by Gasteiger charge is -2.31. The van der Waals surface area contributed by atoms with Crippen molar-refractivity contribution < 1.29 is 8.42 Å². The zero-order valence-corrected chi connectivity index (χ0v) is 16.3. The Kier molecular flexibility index (Phi) is 6.22. The van der Waals surface area contributed by atoms with E-state index in [2.05, 4.69) is 30.5 Å². The van der Waals surface area contributed by atoms with Gasteiger partial charge in [0.2, 0.25) is 10.0 Å². The van der Waals surface area contributed by atoms with Crippen LogP contribution in [-0.2, 0) is 16.6 Å². The summed E-state index contributed by atoms with van der Waals surface area (Å²) in [5.74, 6) is 0.372. The number of piperidine rings is 1. The lowest BCUT2D eigenvalue weighted by Crippen LogP contribution is -2.38. The fraction of sp³-hybridized carbons (Fsp3) is 0.389. The van der Waals surface area contributed by atoms with Crippen molar-refractivity contribution in [2.45, 2.75) is 24.3 Å². The maximum Gasteiger partial charge on any atom is 0.241 e. The molecule has 3 rings (SSSR count). The standard InChI is InChI=1S/C18H22BrN3O2S/c19-17-6-1-2-7-18(17)25(23,24)21-13-15-8-11-22(12-9-15)14-16-5-3-4-10-20-16/h1-7,10,15,21H,8-9,11-14H2. The number of hydrogen-bond acceptors (Lipinski definition) is 4. The average molecular weight is 424 g/mol. The second kappa shape index (κ2) is 8.40. The van der Waals surface area contributed by atoms with Crippen LogP contribution in [0.1, 0.15) is 18.5 Å². The van der Waals surface area contributed by atoms with Crippen LogP contribution in [0.3, 0.4) is 0 Å². The number of benzene rings is 1. The van der Waals surface area contributed by atoms with Gasteiger partial charge in [0.25, 0.3) is 0 Å². The number of rotatable bonds is 6. The van der Waals surface area contributed by atoms with Crippen LogP contribution >= 0.6 is 15.9 Å². The molecule has 25 heavy (non-hydrogen) atoms. The highest BCUT2D eigenvalue weighted by atomic mass is 79.9. The van der Waals surface area contributed by atoms with E-state index < -0.39 is 10.0 Å². The van der Waals surface area contributed by atoms with Gasteiger partial charge >= 0.3 is 0 Å². The zero-order valence-electron chi connectivity index (χ0n) is 13.9. The topological polar surface area (TPSA) is 62.3 Å². The van der Waals surface area contributed by atoms with Gasteiger partial charge in [-0.05, 0) is 72.0 Å². The second-order valence-corrected chi connectivity index (χ2v) is 8.91. The molecule has 5 nitrogen and oxygen atoms in total. The Labute approximate surface area is 157 Å². The molecule has 1 fully saturated rings. The number of sulfonamides is 1. The molecule has 0 bridgehead atoms. The number of hydrogen-bond donors (Lipinski definition) is 1. The van der Waals surface area contributed by atoms with Crippen LogP contribution in [0.5, 0.6) is 0 Å². The smallest absolute Gasteiger partial charge is 0.241 e. The van der Waals surface area contributed by atoms with Crippen molar-refractivity contribution in [2.24, 2.45) is 5.92 Å². The summed E-state index contributed by atoms with van der Waals surface area (Å²) in [4.78, 5) is 7.03. The summed E-state index contributed by atoms with van der Waals surface area (Å²) in [6.07, 6.45) is 3.80. The molecule has 1 saturated heterocycles. The van der Waals surface area contributed by atoms with Gasteiger partial charge in [-0.1, -0.05) is 18.2 Å². The summed E-state index contributed by atoms with van der Waals surface area (Å²) in [7, 11) is -3.47. The molecule has 2 heterocycles. The van der Waals surface area contributed by atoms with Gasteiger partial charge < -0.3 is 0 Å². The maximum absolute atomic E-state index is 12.4. The SMILES string of the molecule is O=S(=O)(NCC1CCN(Cc2ccccn2)CC1)c1ccccc1Br. The third kappa shape index (κ3) is 5.10. The Morgan fingerprint density at radius 3 is 2.52 bits per heavy atom. The van der Waals surface area contributed by atoms with Gasteiger partial charge in [0.1, 0.15) is 0 Å². The minimum absolute atomic E-state index is 0.294. The molecule has 0 radical (unpaired) electrons. The third-order valence-electron chi connectivity index (χ3n) is 4.51. The quantitative estimate of drug-likeness (QED) is 0.775. The van der Waals surface area contributed by atoms with Crippen LogP contribution in [0.4, 0.5) is 0 Å². The van der Waals surface area contributed by atoms with Crippen molar-refractivity contribution in [1.82, 2.24) is 14.6 Å². The monoisotopic (exact) mass is 423 g/mol. The average Bonchev–Trinajstić information content (AvgIpc) is 2.62. The van der Waals surface area contributed by atoms with E-state index in [1.165, 1.54) is 0 Å². The van der Waals surface area contributed by atoms with Crippen molar-refractivity contribution in [3.63, 3.8) is 0 Å². The van der Waals surface area contributed by atoms with Gasteiger partial charge in [0.15, 0.2) is 0 Å². The highest BCUT2D eigenvalue weighted by Crippen LogP contribution is 2.22. The Hall–Kier alpha value is -1.28. The molecular formula is C18H22BrN3O2S. The Morgan fingerprint density at radius 2 is 1.84 bits per heavy atom. The van der Waals surface area contributed by atoms with E-state index >= 15 is 0 Å². The molecule has 0 aliphatic carbocycles. The lowest BCUT2D eigenvalue weighted by atomic mass is 9.97. The molecule has 1 aliphatic rings. The Bertz CT molecular complexity index is 791. The molecule has 0 amide bonds. The molecule has 1 aromatic heterocycles. The Balaban J connectivity index is 1.49. The highest BCUT2D eigenvalue weighted by molar-refractivity contribution is 9.10. The van der Waals surface area contributed by atoms with Crippen molar-refractivity contribution in [1.29, 1.82) is 0 Å². The van der Waals surface area contributed by atoms with Crippen LogP contribution < -0.4 is 4.72 Å². The number of likely N-dealkylation sites (tertiary alicyclic amines) is 1. The molecule has 1 aromatic carbocycles. The van der Waals surface area contributed by atoms with Crippen molar-refractivity contribution in [2.75, 3.05) is 19.6 Å². The van der Waals surface area contributed by atoms with E-state index in [-0.39, 0.29) is 0 Å². The molecule has 1 N–H and O–H groups in total. The van der Waals surface area contributed by atoms with E-state index in [9.17, 15) is 8.42 Å². The highest BCUT2D eigenvalue weighted by Gasteiger charge is 2.23. The van der Waals surface area contributed by atoms with E-state index in [1.807, 2.05) is 24.4 Å². The molecule has 2 aromatic rings. The fourth-order valence-electron chi connectivity index (χ4n) is 3.04. The Morgan fingerprint density at radius 1 is 1.12 bits per heavy atom. The van der Waals surface area contributed by atoms with Gasteiger partial charge in [0, 0.05) is 23.8 Å². The molecule has 0 saturated carbocycles. The van der Waals surface area contributed by atoms with E-state index in [1.54, 1.807) is 24.3 Å². The van der Waals surface area contributed by atoms with Crippen LogP contribution in [-0.4, -0.2) is 37.9 Å². The summed E-state index contributed by atoms with van der Waals surface area (Å²) in [6.45, 7) is 3.29. The fourth-order valence-corrected chi connectivity index (χ4v) is 5.15. The molecule has 0 unspecified atom stereocenters. The first-order chi connectivity index (χ1) is 12.0. The largest absolute Gasteiger partial charge is 0.297 e. The van der Waals surface area contributed by atoms with Crippen LogP contribution in [0.25, 0.3) is 0 Å². The number of aromatic nitrogens is 1. The predicted molar refractivity (Wildman–Crippen MR) is 102 cm³/mol. The van der Waals surface area contributed by atoms with Gasteiger partial charge in [-0.15, -0.1) is 0 Å². The minimum Gasteiger partial charge on any atom is -0.297 e. The van der Waals surface area contributed by atoms with Crippen molar-refractivity contribution >= 4 is 26.0 Å². The second-order valence-electron chi connectivity index (χ2n) is 6.32. The van der Waals surface area contributed by atoms with Crippen molar-refractivity contribution in [3.05, 3.63) is 58.8 Å². The first kappa shape index (κ1) is 18.5. The third-order valence-corrected chi connectivity index (χ3v) is 6.94. The van der Waals surface area contributed by atoms with E-state index in [0.29, 0.717) is 21.8 Å². The van der Waals surface area contributed by atoms with Crippen molar-refractivity contribution in [3.8, 4) is 0 Å². The predicted octanol–water partition coefficient (Wildman–Crippen LogP) is 3.03. The van der Waals surface area contributed by atoms with E-state index in [0.717, 1.165) is 38.2 Å². The van der Waals surface area contributed by atoms with Crippen LogP contribution in [0.2, 0.25) is 0 Å². The summed E-state index contributed by atoms with van der Waals surface area (Å²) in [5, 5.41) is 0. The van der Waals surface area contributed by atoms with Gasteiger partial charge in [-0.2, -0.15) is 0 Å². The molecule has 0 atom stereocenters. The first-order valence-corrected chi connectivity index (χ1v) is 10.7. The normalized spacial score (nSPS) is 16.8. The van der Waals surface area contributed by atoms with Gasteiger partial charge in [-0.3, -0.25) is 9.88 Å². The van der Waals surface area contributed by atoms with Crippen LogP contribution in [0, 0.1) is 5.92 Å². The molecule has 134 valence electrons. The first-order valence-electron chi connectivity index (χ1n) is 8.41.